The summed E-state index contributed by atoms with van der Waals surface area (Å²) in [5.74, 6) is 1.39. The Labute approximate surface area is 214 Å². The van der Waals surface area contributed by atoms with E-state index in [9.17, 15) is 4.79 Å². The van der Waals surface area contributed by atoms with Crippen molar-refractivity contribution in [2.45, 2.75) is 32.9 Å². The normalized spacial score (nSPS) is 19.3. The molecule has 0 atom stereocenters. The van der Waals surface area contributed by atoms with Crippen LogP contribution < -0.4 is 10.2 Å². The molecule has 5 rings (SSSR count). The summed E-state index contributed by atoms with van der Waals surface area (Å²) in [5, 5.41) is 3.54. The molecule has 1 N–H and O–H groups in total. The molecule has 36 heavy (non-hydrogen) atoms. The van der Waals surface area contributed by atoms with Gasteiger partial charge in [-0.25, -0.2) is 9.97 Å². The molecular formula is C27H39N7O2. The Balaban J connectivity index is 1.33. The third-order valence-electron chi connectivity index (χ3n) is 7.46. The van der Waals surface area contributed by atoms with E-state index in [0.29, 0.717) is 18.1 Å². The zero-order chi connectivity index (χ0) is 25.1. The second kappa shape index (κ2) is 11.1. The quantitative estimate of drug-likeness (QED) is 0.562. The van der Waals surface area contributed by atoms with Crippen molar-refractivity contribution in [3.05, 3.63) is 35.5 Å². The zero-order valence-electron chi connectivity index (χ0n) is 21.9. The summed E-state index contributed by atoms with van der Waals surface area (Å²) >= 11 is 0. The van der Waals surface area contributed by atoms with Crippen LogP contribution in [0.2, 0.25) is 0 Å². The molecule has 0 aliphatic carbocycles. The van der Waals surface area contributed by atoms with Gasteiger partial charge in [0.25, 0.3) is 5.91 Å². The van der Waals surface area contributed by atoms with Gasteiger partial charge in [0, 0.05) is 68.7 Å². The molecular weight excluding hydrogens is 454 g/mol. The lowest BCUT2D eigenvalue weighted by atomic mass is 10.1. The monoisotopic (exact) mass is 493 g/mol. The van der Waals surface area contributed by atoms with E-state index in [1.54, 1.807) is 0 Å². The van der Waals surface area contributed by atoms with Gasteiger partial charge in [0.15, 0.2) is 5.82 Å². The lowest BCUT2D eigenvalue weighted by Gasteiger charge is -2.34. The van der Waals surface area contributed by atoms with Crippen molar-refractivity contribution in [3.8, 4) is 11.4 Å². The van der Waals surface area contributed by atoms with Gasteiger partial charge in [0.1, 0.15) is 11.5 Å². The minimum Gasteiger partial charge on any atom is -0.379 e. The molecule has 2 fully saturated rings. The number of morpholine rings is 1. The molecule has 1 aromatic heterocycles. The number of fused-ring (bicyclic) bond motifs is 1. The summed E-state index contributed by atoms with van der Waals surface area (Å²) in [6.45, 7) is 14.3. The third kappa shape index (κ3) is 5.48. The number of carbonyl (C=O) groups excluding carboxylic acids is 1. The Kier molecular flexibility index (Phi) is 7.69. The van der Waals surface area contributed by atoms with E-state index >= 15 is 0 Å². The molecule has 2 aromatic rings. The number of benzene rings is 1. The van der Waals surface area contributed by atoms with Gasteiger partial charge in [-0.3, -0.25) is 9.69 Å². The van der Waals surface area contributed by atoms with Crippen molar-refractivity contribution in [1.29, 1.82) is 0 Å². The van der Waals surface area contributed by atoms with Gasteiger partial charge in [-0.2, -0.15) is 0 Å². The van der Waals surface area contributed by atoms with Crippen LogP contribution in [0.4, 0.5) is 11.5 Å². The number of amides is 1. The highest BCUT2D eigenvalue weighted by molar-refractivity contribution is 5.98. The number of likely N-dealkylation sites (N-methyl/N-ethyl adjacent to an activating group) is 1. The zero-order valence-corrected chi connectivity index (χ0v) is 21.9. The number of piperazine rings is 1. The maximum Gasteiger partial charge on any atom is 0.273 e. The molecule has 0 unspecified atom stereocenters. The van der Waals surface area contributed by atoms with Crippen LogP contribution in [-0.2, 0) is 11.3 Å². The molecule has 1 aromatic carbocycles. The minimum absolute atomic E-state index is 0.00549. The van der Waals surface area contributed by atoms with E-state index in [-0.39, 0.29) is 11.9 Å². The standard InChI is InChI=1S/C27H39N7O2/c1-20(2)34-19-23-24(27(34)35)29-25(30-26(23)28-9-4-10-32-15-17-36-18-16-32)21-5-7-22(8-6-21)33-13-11-31(3)12-14-33/h5-8,20H,4,9-19H2,1-3H3,(H,28,29,30). The summed E-state index contributed by atoms with van der Waals surface area (Å²) in [4.78, 5) is 32.0. The molecule has 0 spiro atoms. The summed E-state index contributed by atoms with van der Waals surface area (Å²) < 4.78 is 5.45. The lowest BCUT2D eigenvalue weighted by Crippen LogP contribution is -2.44. The summed E-state index contributed by atoms with van der Waals surface area (Å²) in [5.41, 5.74) is 3.60. The number of hydrogen-bond acceptors (Lipinski definition) is 8. The first-order valence-corrected chi connectivity index (χ1v) is 13.3. The van der Waals surface area contributed by atoms with Crippen LogP contribution in [0.3, 0.4) is 0 Å². The van der Waals surface area contributed by atoms with Gasteiger partial charge in [0.2, 0.25) is 0 Å². The SMILES string of the molecule is CC(C)N1Cc2c(NCCCN3CCOCC3)nc(-c3ccc(N4CCN(C)CC4)cc3)nc2C1=O. The number of rotatable bonds is 8. The maximum atomic E-state index is 13.2. The van der Waals surface area contributed by atoms with Crippen molar-refractivity contribution in [1.82, 2.24) is 24.7 Å². The summed E-state index contributed by atoms with van der Waals surface area (Å²) in [7, 11) is 2.17. The highest BCUT2D eigenvalue weighted by Crippen LogP contribution is 2.31. The Hall–Kier alpha value is -2.75. The van der Waals surface area contributed by atoms with Crippen molar-refractivity contribution in [2.24, 2.45) is 0 Å². The fourth-order valence-corrected chi connectivity index (χ4v) is 5.10. The van der Waals surface area contributed by atoms with E-state index in [1.165, 1.54) is 5.69 Å². The average Bonchev–Trinajstić information content (AvgIpc) is 3.24. The molecule has 3 aliphatic rings. The second-order valence-corrected chi connectivity index (χ2v) is 10.3. The number of nitrogens with one attached hydrogen (secondary N) is 1. The molecule has 0 bridgehead atoms. The van der Waals surface area contributed by atoms with Gasteiger partial charge < -0.3 is 24.8 Å². The van der Waals surface area contributed by atoms with Crippen LogP contribution in [0.25, 0.3) is 11.4 Å². The highest BCUT2D eigenvalue weighted by Gasteiger charge is 2.34. The second-order valence-electron chi connectivity index (χ2n) is 10.3. The molecule has 9 heteroatoms. The molecule has 4 heterocycles. The van der Waals surface area contributed by atoms with E-state index in [2.05, 4.69) is 51.3 Å². The molecule has 1 amide bonds. The predicted octanol–water partition coefficient (Wildman–Crippen LogP) is 2.39. The number of aromatic nitrogens is 2. The van der Waals surface area contributed by atoms with E-state index in [4.69, 9.17) is 14.7 Å². The summed E-state index contributed by atoms with van der Waals surface area (Å²) in [6, 6.07) is 8.57. The van der Waals surface area contributed by atoms with Crippen molar-refractivity contribution >= 4 is 17.4 Å². The Morgan fingerprint density at radius 1 is 1.00 bits per heavy atom. The van der Waals surface area contributed by atoms with Gasteiger partial charge in [-0.05, 0) is 58.1 Å². The van der Waals surface area contributed by atoms with Crippen LogP contribution >= 0.6 is 0 Å². The van der Waals surface area contributed by atoms with Crippen LogP contribution in [-0.4, -0.2) is 109 Å². The number of hydrogen-bond donors (Lipinski definition) is 1. The molecule has 0 radical (unpaired) electrons. The van der Waals surface area contributed by atoms with Crippen molar-refractivity contribution in [3.63, 3.8) is 0 Å². The minimum atomic E-state index is -0.00549. The highest BCUT2D eigenvalue weighted by atomic mass is 16.5. The number of anilines is 2. The smallest absolute Gasteiger partial charge is 0.273 e. The van der Waals surface area contributed by atoms with Crippen molar-refractivity contribution < 1.29 is 9.53 Å². The average molecular weight is 494 g/mol. The third-order valence-corrected chi connectivity index (χ3v) is 7.46. The lowest BCUT2D eigenvalue weighted by molar-refractivity contribution is 0.0378. The Morgan fingerprint density at radius 2 is 1.72 bits per heavy atom. The molecule has 3 aliphatic heterocycles. The van der Waals surface area contributed by atoms with Crippen molar-refractivity contribution in [2.75, 3.05) is 82.8 Å². The van der Waals surface area contributed by atoms with Crippen LogP contribution in [0.5, 0.6) is 0 Å². The Morgan fingerprint density at radius 3 is 2.42 bits per heavy atom. The topological polar surface area (TPSA) is 77.1 Å². The number of ether oxygens (including phenoxy) is 1. The fourth-order valence-electron chi connectivity index (χ4n) is 5.10. The largest absolute Gasteiger partial charge is 0.379 e. The van der Waals surface area contributed by atoms with Gasteiger partial charge in [-0.1, -0.05) is 0 Å². The summed E-state index contributed by atoms with van der Waals surface area (Å²) in [6.07, 6.45) is 1.01. The predicted molar refractivity (Wildman–Crippen MR) is 143 cm³/mol. The number of carbonyl (C=O) groups is 1. The van der Waals surface area contributed by atoms with E-state index in [1.807, 2.05) is 18.7 Å². The molecule has 194 valence electrons. The number of nitrogens with zero attached hydrogens (tertiary/aromatic N) is 6. The van der Waals surface area contributed by atoms with E-state index in [0.717, 1.165) is 88.9 Å². The van der Waals surface area contributed by atoms with Gasteiger partial charge in [0.05, 0.1) is 19.8 Å². The maximum absolute atomic E-state index is 13.2. The van der Waals surface area contributed by atoms with E-state index < -0.39 is 0 Å². The fraction of sp³-hybridized carbons (Fsp3) is 0.593. The first kappa shape index (κ1) is 24.9. The van der Waals surface area contributed by atoms with Crippen LogP contribution in [0.15, 0.2) is 24.3 Å². The molecule has 9 nitrogen and oxygen atoms in total. The first-order valence-electron chi connectivity index (χ1n) is 13.3. The molecule has 2 saturated heterocycles. The first-order chi connectivity index (χ1) is 17.5. The van der Waals surface area contributed by atoms with Gasteiger partial charge >= 0.3 is 0 Å². The molecule has 0 saturated carbocycles. The van der Waals surface area contributed by atoms with Gasteiger partial charge in [-0.15, -0.1) is 0 Å². The van der Waals surface area contributed by atoms with Crippen LogP contribution in [0.1, 0.15) is 36.3 Å². The Bertz CT molecular complexity index is 1040. The van der Waals surface area contributed by atoms with Crippen LogP contribution in [0, 0.1) is 0 Å².